The molecule has 2 heterocycles. The Morgan fingerprint density at radius 2 is 1.97 bits per heavy atom. The van der Waals surface area contributed by atoms with Gasteiger partial charge in [-0.05, 0) is 36.4 Å². The van der Waals surface area contributed by atoms with Gasteiger partial charge in [0.05, 0.1) is 29.4 Å². The molecule has 0 amide bonds. The zero-order valence-corrected chi connectivity index (χ0v) is 14.7. The highest BCUT2D eigenvalue weighted by molar-refractivity contribution is 5.71. The molecule has 11 heteroatoms. The zero-order chi connectivity index (χ0) is 21.2. The van der Waals surface area contributed by atoms with Gasteiger partial charge >= 0.3 is 11.9 Å². The molecule has 0 fully saturated rings. The first-order valence-corrected chi connectivity index (χ1v) is 7.96. The number of nitro groups is 1. The summed E-state index contributed by atoms with van der Waals surface area (Å²) in [5.74, 6) is 0.803. The molecule has 0 saturated carbocycles. The fraction of sp³-hybridized carbons (Fsp3) is 0.111. The number of benzene rings is 1. The Hall–Kier alpha value is -3.89. The van der Waals surface area contributed by atoms with Gasteiger partial charge in [-0.2, -0.15) is 18.2 Å². The molecule has 0 unspecified atom stereocenters. The molecule has 0 aliphatic carbocycles. The van der Waals surface area contributed by atoms with Gasteiger partial charge in [0, 0.05) is 6.07 Å². The molecule has 8 nitrogen and oxygen atoms in total. The SMILES string of the molecule is COc1cc([N+](=O)[O-])ccc1-c1ccc(/C=C/c2cc(C(F)(F)F)[nH]c(=O)n2)o1. The van der Waals surface area contributed by atoms with E-state index in [0.29, 0.717) is 17.4 Å². The molecule has 1 N–H and O–H groups in total. The molecule has 2 aromatic heterocycles. The van der Waals surface area contributed by atoms with Crippen LogP contribution in [0.5, 0.6) is 5.75 Å². The number of nitro benzene ring substituents is 1. The van der Waals surface area contributed by atoms with Crippen molar-refractivity contribution in [3.8, 4) is 17.1 Å². The fourth-order valence-corrected chi connectivity index (χ4v) is 2.47. The van der Waals surface area contributed by atoms with Crippen LogP contribution in [0.25, 0.3) is 23.5 Å². The maximum atomic E-state index is 12.8. The third kappa shape index (κ3) is 4.51. The average molecular weight is 407 g/mol. The van der Waals surface area contributed by atoms with E-state index in [1.807, 2.05) is 0 Å². The summed E-state index contributed by atoms with van der Waals surface area (Å²) in [5, 5.41) is 10.9. The van der Waals surface area contributed by atoms with Gasteiger partial charge in [-0.15, -0.1) is 0 Å². The third-order valence-electron chi connectivity index (χ3n) is 3.78. The number of furan rings is 1. The van der Waals surface area contributed by atoms with E-state index in [2.05, 4.69) is 4.98 Å². The van der Waals surface area contributed by atoms with Gasteiger partial charge in [-0.25, -0.2) is 4.79 Å². The van der Waals surface area contributed by atoms with Gasteiger partial charge < -0.3 is 14.1 Å². The van der Waals surface area contributed by atoms with Crippen LogP contribution < -0.4 is 10.4 Å². The predicted octanol–water partition coefficient (Wildman–Crippen LogP) is 4.14. The monoisotopic (exact) mass is 407 g/mol. The first-order valence-electron chi connectivity index (χ1n) is 7.96. The van der Waals surface area contributed by atoms with Crippen molar-refractivity contribution in [1.29, 1.82) is 0 Å². The van der Waals surface area contributed by atoms with Crippen molar-refractivity contribution in [2.24, 2.45) is 0 Å². The predicted molar refractivity (Wildman–Crippen MR) is 96.1 cm³/mol. The maximum Gasteiger partial charge on any atom is 0.431 e. The van der Waals surface area contributed by atoms with Crippen molar-refractivity contribution in [3.05, 3.63) is 74.1 Å². The minimum absolute atomic E-state index is 0.155. The topological polar surface area (TPSA) is 111 Å². The Kier molecular flexibility index (Phi) is 5.22. The highest BCUT2D eigenvalue weighted by Crippen LogP contribution is 2.34. The summed E-state index contributed by atoms with van der Waals surface area (Å²) in [5.41, 5.74) is -2.25. The van der Waals surface area contributed by atoms with E-state index in [1.54, 1.807) is 11.1 Å². The highest BCUT2D eigenvalue weighted by atomic mass is 19.4. The number of hydrogen-bond acceptors (Lipinski definition) is 6. The molecule has 0 saturated heterocycles. The maximum absolute atomic E-state index is 12.8. The van der Waals surface area contributed by atoms with E-state index in [0.717, 1.165) is 0 Å². The summed E-state index contributed by atoms with van der Waals surface area (Å²) in [6, 6.07) is 7.78. The van der Waals surface area contributed by atoms with Crippen LogP contribution in [0, 0.1) is 10.1 Å². The molecule has 0 bridgehead atoms. The van der Waals surface area contributed by atoms with Gasteiger partial charge in [-0.1, -0.05) is 0 Å². The van der Waals surface area contributed by atoms with Crippen LogP contribution in [-0.4, -0.2) is 22.0 Å². The van der Waals surface area contributed by atoms with Crippen molar-refractivity contribution in [2.75, 3.05) is 7.11 Å². The Bertz CT molecular complexity index is 1150. The number of methoxy groups -OCH3 is 1. The Morgan fingerprint density at radius 3 is 2.62 bits per heavy atom. The third-order valence-corrected chi connectivity index (χ3v) is 3.78. The van der Waals surface area contributed by atoms with E-state index in [9.17, 15) is 28.1 Å². The van der Waals surface area contributed by atoms with E-state index in [-0.39, 0.29) is 22.9 Å². The molecule has 29 heavy (non-hydrogen) atoms. The van der Waals surface area contributed by atoms with Gasteiger partial charge in [-0.3, -0.25) is 10.1 Å². The van der Waals surface area contributed by atoms with Gasteiger partial charge in [0.1, 0.15) is 23.0 Å². The number of aromatic nitrogens is 2. The number of non-ortho nitro benzene ring substituents is 1. The van der Waals surface area contributed by atoms with Crippen LogP contribution in [0.3, 0.4) is 0 Å². The number of halogens is 3. The van der Waals surface area contributed by atoms with Crippen LogP contribution in [0.2, 0.25) is 0 Å². The minimum Gasteiger partial charge on any atom is -0.496 e. The second kappa shape index (κ2) is 7.62. The molecule has 0 radical (unpaired) electrons. The van der Waals surface area contributed by atoms with Crippen LogP contribution >= 0.6 is 0 Å². The first kappa shape index (κ1) is 19.9. The van der Waals surface area contributed by atoms with E-state index in [1.165, 1.54) is 43.5 Å². The minimum atomic E-state index is -4.71. The lowest BCUT2D eigenvalue weighted by Crippen LogP contribution is -2.19. The molecule has 150 valence electrons. The van der Waals surface area contributed by atoms with Gasteiger partial charge in [0.25, 0.3) is 5.69 Å². The number of rotatable bonds is 5. The van der Waals surface area contributed by atoms with E-state index in [4.69, 9.17) is 9.15 Å². The highest BCUT2D eigenvalue weighted by Gasteiger charge is 2.32. The van der Waals surface area contributed by atoms with Gasteiger partial charge in [0.15, 0.2) is 0 Å². The average Bonchev–Trinajstić information content (AvgIpc) is 3.13. The normalized spacial score (nSPS) is 11.7. The number of H-pyrrole nitrogens is 1. The lowest BCUT2D eigenvalue weighted by molar-refractivity contribution is -0.384. The summed E-state index contributed by atoms with van der Waals surface area (Å²) < 4.78 is 49.0. The molecule has 1 aromatic carbocycles. The van der Waals surface area contributed by atoms with Crippen molar-refractivity contribution in [3.63, 3.8) is 0 Å². The Balaban J connectivity index is 1.89. The summed E-state index contributed by atoms with van der Waals surface area (Å²) in [7, 11) is 1.35. The van der Waals surface area contributed by atoms with Crippen LogP contribution in [0.1, 0.15) is 17.1 Å². The van der Waals surface area contributed by atoms with Crippen LogP contribution in [0.15, 0.2) is 45.6 Å². The number of ether oxygens (including phenoxy) is 1. The number of alkyl halides is 3. The molecular weight excluding hydrogens is 395 g/mol. The summed E-state index contributed by atoms with van der Waals surface area (Å²) in [4.78, 5) is 26.7. The number of nitrogens with one attached hydrogen (secondary N) is 1. The molecule has 0 aliphatic rings. The Labute approximate surface area is 160 Å². The molecule has 0 aliphatic heterocycles. The fourth-order valence-electron chi connectivity index (χ4n) is 2.47. The molecule has 0 spiro atoms. The van der Waals surface area contributed by atoms with Crippen molar-refractivity contribution >= 4 is 17.8 Å². The molecular formula is C18H12F3N3O5. The standard InChI is InChI=1S/C18H12F3N3O5/c1-28-15-9-11(24(26)27)3-6-13(15)14-7-5-12(29-14)4-2-10-8-16(18(19,20)21)23-17(25)22-10/h2-9H,1H3,(H,22,23,25)/b4-2+. The summed E-state index contributed by atoms with van der Waals surface area (Å²) in [6.45, 7) is 0. The first-order chi connectivity index (χ1) is 13.7. The Morgan fingerprint density at radius 1 is 1.21 bits per heavy atom. The van der Waals surface area contributed by atoms with E-state index < -0.39 is 22.5 Å². The van der Waals surface area contributed by atoms with Crippen LogP contribution in [0.4, 0.5) is 18.9 Å². The van der Waals surface area contributed by atoms with Gasteiger partial charge in [0.2, 0.25) is 0 Å². The lowest BCUT2D eigenvalue weighted by atomic mass is 10.1. The largest absolute Gasteiger partial charge is 0.496 e. The quantitative estimate of drug-likeness (QED) is 0.503. The smallest absolute Gasteiger partial charge is 0.431 e. The van der Waals surface area contributed by atoms with E-state index >= 15 is 0 Å². The number of hydrogen-bond donors (Lipinski definition) is 1. The second-order valence-electron chi connectivity index (χ2n) is 5.70. The second-order valence-corrected chi connectivity index (χ2v) is 5.70. The van der Waals surface area contributed by atoms with Crippen molar-refractivity contribution in [2.45, 2.75) is 6.18 Å². The molecule has 3 rings (SSSR count). The number of aromatic amines is 1. The molecule has 3 aromatic rings. The van der Waals surface area contributed by atoms with Crippen LogP contribution in [-0.2, 0) is 6.18 Å². The molecule has 0 atom stereocenters. The van der Waals surface area contributed by atoms with Crippen molar-refractivity contribution in [1.82, 2.24) is 9.97 Å². The summed E-state index contributed by atoms with van der Waals surface area (Å²) >= 11 is 0. The number of nitrogens with zero attached hydrogens (tertiary/aromatic N) is 2. The lowest BCUT2D eigenvalue weighted by Gasteiger charge is -2.06. The summed E-state index contributed by atoms with van der Waals surface area (Å²) in [6.07, 6.45) is -2.18. The van der Waals surface area contributed by atoms with Crippen molar-refractivity contribution < 1.29 is 27.2 Å². The zero-order valence-electron chi connectivity index (χ0n) is 14.7.